The summed E-state index contributed by atoms with van der Waals surface area (Å²) in [5, 5.41) is 2.37. The topological polar surface area (TPSA) is 29.0 Å². The maximum atomic E-state index is 4.79. The second-order valence-electron chi connectivity index (χ2n) is 6.29. The summed E-state index contributed by atoms with van der Waals surface area (Å²) in [6.45, 7) is 4.80. The van der Waals surface area contributed by atoms with E-state index in [0.717, 1.165) is 42.1 Å². The lowest BCUT2D eigenvalue weighted by molar-refractivity contribution is 0.265. The van der Waals surface area contributed by atoms with Crippen LogP contribution in [-0.4, -0.2) is 21.4 Å². The Morgan fingerprint density at radius 3 is 1.60 bits per heavy atom. The number of aromatic nitrogens is 2. The van der Waals surface area contributed by atoms with Crippen molar-refractivity contribution in [3.63, 3.8) is 0 Å². The smallest absolute Gasteiger partial charge is 0.0705 e. The van der Waals surface area contributed by atoms with E-state index < -0.39 is 0 Å². The third-order valence-corrected chi connectivity index (χ3v) is 4.53. The van der Waals surface area contributed by atoms with Crippen LogP contribution in [0.2, 0.25) is 0 Å². The van der Waals surface area contributed by atoms with Gasteiger partial charge in [-0.3, -0.25) is 14.9 Å². The Morgan fingerprint density at radius 1 is 0.640 bits per heavy atom. The first-order valence-corrected chi connectivity index (χ1v) is 8.73. The van der Waals surface area contributed by atoms with E-state index in [0.29, 0.717) is 0 Å². The van der Waals surface area contributed by atoms with Crippen LogP contribution in [0.5, 0.6) is 0 Å². The molecular weight excluding hydrogens is 306 g/mol. The predicted molar refractivity (Wildman–Crippen MR) is 103 cm³/mol. The lowest BCUT2D eigenvalue weighted by atomic mass is 10.2. The molecule has 0 saturated carbocycles. The highest BCUT2D eigenvalue weighted by Crippen LogP contribution is 2.16. The summed E-state index contributed by atoms with van der Waals surface area (Å²) >= 11 is 0. The monoisotopic (exact) mass is 327 g/mol. The van der Waals surface area contributed by atoms with Gasteiger partial charge in [-0.1, -0.05) is 55.5 Å². The summed E-state index contributed by atoms with van der Waals surface area (Å²) in [5.41, 5.74) is 4.31. The lowest BCUT2D eigenvalue weighted by Crippen LogP contribution is -2.23. The minimum Gasteiger partial charge on any atom is -0.292 e. The summed E-state index contributed by atoms with van der Waals surface area (Å²) < 4.78 is 0. The van der Waals surface area contributed by atoms with Gasteiger partial charge in [-0.05, 0) is 30.8 Å². The minimum atomic E-state index is 0.829. The Hall–Kier alpha value is -2.78. The lowest BCUT2D eigenvalue weighted by Gasteiger charge is -2.20. The standard InChI is InChI=1S/C22H21N3/c1-2-25(15-19-13-11-17-7-3-5-9-21(17)23-19)16-20-14-12-18-8-4-6-10-22(18)24-20/h3-14H,2,15-16H2,1H3. The van der Waals surface area contributed by atoms with Gasteiger partial charge in [0.15, 0.2) is 0 Å². The number of nitrogens with zero attached hydrogens (tertiary/aromatic N) is 3. The van der Waals surface area contributed by atoms with E-state index in [9.17, 15) is 0 Å². The number of hydrogen-bond donors (Lipinski definition) is 0. The summed E-state index contributed by atoms with van der Waals surface area (Å²) in [7, 11) is 0. The Morgan fingerprint density at radius 2 is 1.12 bits per heavy atom. The third kappa shape index (κ3) is 3.52. The second-order valence-corrected chi connectivity index (χ2v) is 6.29. The Labute approximate surface area is 148 Å². The van der Waals surface area contributed by atoms with E-state index in [-0.39, 0.29) is 0 Å². The van der Waals surface area contributed by atoms with Gasteiger partial charge < -0.3 is 0 Å². The van der Waals surface area contributed by atoms with Crippen molar-refractivity contribution in [2.45, 2.75) is 20.0 Å². The molecule has 0 aliphatic carbocycles. The number of para-hydroxylation sites is 2. The van der Waals surface area contributed by atoms with Gasteiger partial charge in [-0.25, -0.2) is 0 Å². The summed E-state index contributed by atoms with van der Waals surface area (Å²) in [6.07, 6.45) is 0. The number of hydrogen-bond acceptors (Lipinski definition) is 3. The zero-order valence-corrected chi connectivity index (χ0v) is 14.4. The van der Waals surface area contributed by atoms with Crippen LogP contribution in [0.15, 0.2) is 72.8 Å². The zero-order chi connectivity index (χ0) is 17.1. The molecular formula is C22H21N3. The van der Waals surface area contributed by atoms with Gasteiger partial charge in [0.25, 0.3) is 0 Å². The van der Waals surface area contributed by atoms with Gasteiger partial charge in [0.1, 0.15) is 0 Å². The van der Waals surface area contributed by atoms with Gasteiger partial charge in [0.2, 0.25) is 0 Å². The fraction of sp³-hybridized carbons (Fsp3) is 0.182. The van der Waals surface area contributed by atoms with E-state index in [1.54, 1.807) is 0 Å². The van der Waals surface area contributed by atoms with Crippen LogP contribution in [0.3, 0.4) is 0 Å². The minimum absolute atomic E-state index is 0.829. The first kappa shape index (κ1) is 15.7. The van der Waals surface area contributed by atoms with E-state index in [2.05, 4.69) is 60.4 Å². The van der Waals surface area contributed by atoms with Crippen molar-refractivity contribution < 1.29 is 0 Å². The van der Waals surface area contributed by atoms with Crippen molar-refractivity contribution in [3.8, 4) is 0 Å². The molecule has 25 heavy (non-hydrogen) atoms. The van der Waals surface area contributed by atoms with E-state index in [4.69, 9.17) is 9.97 Å². The molecule has 0 aliphatic heterocycles. The molecule has 2 aromatic heterocycles. The molecule has 0 fully saturated rings. The highest BCUT2D eigenvalue weighted by atomic mass is 15.1. The van der Waals surface area contributed by atoms with Crippen molar-refractivity contribution in [2.75, 3.05) is 6.54 Å². The van der Waals surface area contributed by atoms with Crippen LogP contribution in [0, 0.1) is 0 Å². The summed E-state index contributed by atoms with van der Waals surface area (Å²) in [6, 6.07) is 25.1. The fourth-order valence-electron chi connectivity index (χ4n) is 3.13. The molecule has 0 saturated heterocycles. The number of rotatable bonds is 5. The molecule has 4 aromatic rings. The fourth-order valence-corrected chi connectivity index (χ4v) is 3.13. The molecule has 0 spiro atoms. The van der Waals surface area contributed by atoms with Crippen LogP contribution in [0.4, 0.5) is 0 Å². The average molecular weight is 327 g/mol. The Kier molecular flexibility index (Phi) is 4.40. The quantitative estimate of drug-likeness (QED) is 0.527. The highest BCUT2D eigenvalue weighted by Gasteiger charge is 2.08. The van der Waals surface area contributed by atoms with Crippen molar-refractivity contribution in [2.24, 2.45) is 0 Å². The predicted octanol–water partition coefficient (Wildman–Crippen LogP) is 4.81. The number of fused-ring (bicyclic) bond motifs is 2. The van der Waals surface area contributed by atoms with Crippen LogP contribution in [0.25, 0.3) is 21.8 Å². The molecule has 0 bridgehead atoms. The molecule has 0 radical (unpaired) electrons. The summed E-state index contributed by atoms with van der Waals surface area (Å²) in [4.78, 5) is 12.0. The highest BCUT2D eigenvalue weighted by molar-refractivity contribution is 5.79. The van der Waals surface area contributed by atoms with Gasteiger partial charge in [-0.2, -0.15) is 0 Å². The maximum absolute atomic E-state index is 4.79. The molecule has 4 rings (SSSR count). The summed E-state index contributed by atoms with van der Waals surface area (Å²) in [5.74, 6) is 0. The van der Waals surface area contributed by atoms with Crippen LogP contribution in [0.1, 0.15) is 18.3 Å². The van der Waals surface area contributed by atoms with Gasteiger partial charge in [-0.15, -0.1) is 0 Å². The largest absolute Gasteiger partial charge is 0.292 e. The Bertz CT molecular complexity index is 929. The van der Waals surface area contributed by atoms with E-state index >= 15 is 0 Å². The molecule has 2 aromatic carbocycles. The van der Waals surface area contributed by atoms with Crippen LogP contribution >= 0.6 is 0 Å². The Balaban J connectivity index is 1.54. The van der Waals surface area contributed by atoms with E-state index in [1.165, 1.54) is 10.8 Å². The molecule has 0 unspecified atom stereocenters. The van der Waals surface area contributed by atoms with Gasteiger partial charge in [0, 0.05) is 23.9 Å². The van der Waals surface area contributed by atoms with Crippen molar-refractivity contribution in [3.05, 3.63) is 84.2 Å². The van der Waals surface area contributed by atoms with Crippen molar-refractivity contribution in [1.29, 1.82) is 0 Å². The van der Waals surface area contributed by atoms with Gasteiger partial charge >= 0.3 is 0 Å². The maximum Gasteiger partial charge on any atom is 0.0705 e. The molecule has 0 atom stereocenters. The van der Waals surface area contributed by atoms with E-state index in [1.807, 2.05) is 24.3 Å². The van der Waals surface area contributed by atoms with Crippen LogP contribution in [-0.2, 0) is 13.1 Å². The van der Waals surface area contributed by atoms with Crippen molar-refractivity contribution >= 4 is 21.8 Å². The molecule has 3 heteroatoms. The normalized spacial score (nSPS) is 11.4. The average Bonchev–Trinajstić information content (AvgIpc) is 2.67. The number of pyridine rings is 2. The number of benzene rings is 2. The molecule has 0 aliphatic rings. The molecule has 2 heterocycles. The third-order valence-electron chi connectivity index (χ3n) is 4.53. The molecule has 124 valence electrons. The first-order valence-electron chi connectivity index (χ1n) is 8.73. The molecule has 0 amide bonds. The van der Waals surface area contributed by atoms with Crippen molar-refractivity contribution in [1.82, 2.24) is 14.9 Å². The molecule has 3 nitrogen and oxygen atoms in total. The molecule has 0 N–H and O–H groups in total. The first-order chi connectivity index (χ1) is 12.3. The van der Waals surface area contributed by atoms with Gasteiger partial charge in [0.05, 0.1) is 22.4 Å². The second kappa shape index (κ2) is 6.99. The SMILES string of the molecule is CCN(Cc1ccc2ccccc2n1)Cc1ccc2ccccc2n1. The zero-order valence-electron chi connectivity index (χ0n) is 14.4. The van der Waals surface area contributed by atoms with Crippen LogP contribution < -0.4 is 0 Å².